The van der Waals surface area contributed by atoms with Gasteiger partial charge < -0.3 is 10.6 Å². The molecule has 0 heterocycles. The molecule has 1 aromatic rings. The number of rotatable bonds is 5. The van der Waals surface area contributed by atoms with Crippen molar-refractivity contribution in [2.75, 3.05) is 12.0 Å². The van der Waals surface area contributed by atoms with Gasteiger partial charge in [-0.15, -0.1) is 0 Å². The molecule has 0 bridgehead atoms. The summed E-state index contributed by atoms with van der Waals surface area (Å²) in [7, 11) is -1.07. The number of carbonyl (C=O) groups excluding carboxylic acids is 2. The monoisotopic (exact) mass is 294 g/mol. The van der Waals surface area contributed by atoms with Gasteiger partial charge in [0.25, 0.3) is 0 Å². The lowest BCUT2D eigenvalue weighted by Crippen LogP contribution is -2.43. The van der Waals surface area contributed by atoms with Crippen LogP contribution in [0, 0.1) is 0 Å². The number of nitrogens with one attached hydrogen (secondary N) is 2. The third-order valence-corrected chi connectivity index (χ3v) is 3.83. The predicted octanol–water partition coefficient (Wildman–Crippen LogP) is 0.501. The van der Waals surface area contributed by atoms with Crippen LogP contribution in [0.1, 0.15) is 24.4 Å². The van der Waals surface area contributed by atoms with Gasteiger partial charge in [0.1, 0.15) is 0 Å². The van der Waals surface area contributed by atoms with Crippen LogP contribution in [-0.4, -0.2) is 34.1 Å². The summed E-state index contributed by atoms with van der Waals surface area (Å²) in [5.74, 6) is -1.00. The van der Waals surface area contributed by atoms with E-state index in [1.165, 1.54) is 0 Å². The van der Waals surface area contributed by atoms with E-state index in [0.29, 0.717) is 0 Å². The third-order valence-electron chi connectivity index (χ3n) is 3.03. The van der Waals surface area contributed by atoms with Gasteiger partial charge in [0.15, 0.2) is 0 Å². The molecule has 20 heavy (non-hydrogen) atoms. The van der Waals surface area contributed by atoms with Gasteiger partial charge in [-0.3, -0.25) is 13.8 Å². The van der Waals surface area contributed by atoms with E-state index in [9.17, 15) is 13.8 Å². The second-order valence-electron chi connectivity index (χ2n) is 4.92. The first-order chi connectivity index (χ1) is 9.56. The molecule has 5 nitrogen and oxygen atoms in total. The summed E-state index contributed by atoms with van der Waals surface area (Å²) in [6, 6.07) is 8.97. The molecule has 0 unspecified atom stereocenters. The second-order valence-corrected chi connectivity index (χ2v) is 6.40. The molecule has 0 radical (unpaired) electrons. The normalized spacial score (nSPS) is 17.1. The fourth-order valence-corrected chi connectivity index (χ4v) is 2.59. The minimum absolute atomic E-state index is 0.142. The molecular formula is C14H18N2O3S. The highest BCUT2D eigenvalue weighted by Crippen LogP contribution is 2.18. The SMILES string of the molecule is C[S@@](=O)C[C@H](NC(=O)C(=O)NC1CC1)c1ccccc1. The first-order valence-electron chi connectivity index (χ1n) is 6.52. The molecule has 2 atom stereocenters. The van der Waals surface area contributed by atoms with Crippen LogP contribution in [0.4, 0.5) is 0 Å². The summed E-state index contributed by atoms with van der Waals surface area (Å²) < 4.78 is 11.4. The van der Waals surface area contributed by atoms with Gasteiger partial charge >= 0.3 is 11.8 Å². The third kappa shape index (κ3) is 4.45. The highest BCUT2D eigenvalue weighted by Gasteiger charge is 2.27. The average Bonchev–Trinajstić information content (AvgIpc) is 3.22. The zero-order valence-corrected chi connectivity index (χ0v) is 12.1. The van der Waals surface area contributed by atoms with Crippen LogP contribution in [0.25, 0.3) is 0 Å². The molecular weight excluding hydrogens is 276 g/mol. The second kappa shape index (κ2) is 6.65. The van der Waals surface area contributed by atoms with Gasteiger partial charge in [0.2, 0.25) is 0 Å². The standard InChI is InChI=1S/C14H18N2O3S/c1-20(19)9-12(10-5-3-2-4-6-10)16-14(18)13(17)15-11-7-8-11/h2-6,11-12H,7-9H2,1H3,(H,15,17)(H,16,18)/t12-,20+/m0/s1. The molecule has 1 aromatic carbocycles. The Labute approximate surface area is 120 Å². The van der Waals surface area contributed by atoms with Crippen molar-refractivity contribution in [3.8, 4) is 0 Å². The Hall–Kier alpha value is -1.69. The van der Waals surface area contributed by atoms with Crippen molar-refractivity contribution in [1.82, 2.24) is 10.6 Å². The molecule has 0 saturated heterocycles. The molecule has 0 spiro atoms. The lowest BCUT2D eigenvalue weighted by Gasteiger charge is -2.17. The minimum Gasteiger partial charge on any atom is -0.345 e. The van der Waals surface area contributed by atoms with E-state index in [1.807, 2.05) is 30.3 Å². The Balaban J connectivity index is 2.01. The molecule has 1 aliphatic carbocycles. The molecule has 108 valence electrons. The summed E-state index contributed by atoms with van der Waals surface area (Å²) in [4.78, 5) is 23.5. The van der Waals surface area contributed by atoms with Crippen LogP contribution >= 0.6 is 0 Å². The van der Waals surface area contributed by atoms with Crippen molar-refractivity contribution >= 4 is 22.6 Å². The van der Waals surface area contributed by atoms with Crippen LogP contribution in [0.15, 0.2) is 30.3 Å². The van der Waals surface area contributed by atoms with Gasteiger partial charge in [0, 0.05) is 28.9 Å². The number of benzene rings is 1. The fourth-order valence-electron chi connectivity index (χ4n) is 1.84. The predicted molar refractivity (Wildman–Crippen MR) is 77.4 cm³/mol. The molecule has 2 N–H and O–H groups in total. The van der Waals surface area contributed by atoms with Crippen LogP contribution in [0.5, 0.6) is 0 Å². The zero-order valence-electron chi connectivity index (χ0n) is 11.3. The number of hydrogen-bond donors (Lipinski definition) is 2. The highest BCUT2D eigenvalue weighted by atomic mass is 32.2. The first-order valence-corrected chi connectivity index (χ1v) is 8.25. The van der Waals surface area contributed by atoms with Crippen molar-refractivity contribution in [2.45, 2.75) is 24.9 Å². The maximum absolute atomic E-state index is 11.8. The Bertz CT molecular complexity index is 514. The average molecular weight is 294 g/mol. The molecule has 1 saturated carbocycles. The summed E-state index contributed by atoms with van der Waals surface area (Å²) in [6.07, 6.45) is 3.44. The first kappa shape index (κ1) is 14.7. The van der Waals surface area contributed by atoms with Gasteiger partial charge in [-0.2, -0.15) is 0 Å². The van der Waals surface area contributed by atoms with Crippen molar-refractivity contribution in [3.05, 3.63) is 35.9 Å². The largest absolute Gasteiger partial charge is 0.345 e. The Morgan fingerprint density at radius 1 is 1.25 bits per heavy atom. The Kier molecular flexibility index (Phi) is 4.89. The quantitative estimate of drug-likeness (QED) is 0.777. The van der Waals surface area contributed by atoms with Crippen LogP contribution in [-0.2, 0) is 20.4 Å². The lowest BCUT2D eigenvalue weighted by atomic mass is 10.1. The molecule has 2 rings (SSSR count). The van der Waals surface area contributed by atoms with Crippen molar-refractivity contribution in [3.63, 3.8) is 0 Å². The van der Waals surface area contributed by atoms with E-state index in [4.69, 9.17) is 0 Å². The van der Waals surface area contributed by atoms with E-state index in [1.54, 1.807) is 6.26 Å². The Morgan fingerprint density at radius 3 is 2.45 bits per heavy atom. The lowest BCUT2D eigenvalue weighted by molar-refractivity contribution is -0.139. The molecule has 0 aliphatic heterocycles. The Morgan fingerprint density at radius 2 is 1.90 bits per heavy atom. The van der Waals surface area contributed by atoms with Crippen molar-refractivity contribution in [2.24, 2.45) is 0 Å². The molecule has 1 fully saturated rings. The number of amides is 2. The van der Waals surface area contributed by atoms with Gasteiger partial charge in [-0.1, -0.05) is 30.3 Å². The van der Waals surface area contributed by atoms with Crippen LogP contribution < -0.4 is 10.6 Å². The van der Waals surface area contributed by atoms with Gasteiger partial charge in [0.05, 0.1) is 6.04 Å². The summed E-state index contributed by atoms with van der Waals surface area (Å²) in [5.41, 5.74) is 0.843. The molecule has 2 amide bonds. The molecule has 1 aliphatic rings. The maximum atomic E-state index is 11.8. The smallest absolute Gasteiger partial charge is 0.309 e. The highest BCUT2D eigenvalue weighted by molar-refractivity contribution is 7.84. The number of hydrogen-bond acceptors (Lipinski definition) is 3. The fraction of sp³-hybridized carbons (Fsp3) is 0.429. The summed E-state index contributed by atoms with van der Waals surface area (Å²) in [5, 5.41) is 5.29. The van der Waals surface area contributed by atoms with Crippen molar-refractivity contribution in [1.29, 1.82) is 0 Å². The van der Waals surface area contributed by atoms with E-state index >= 15 is 0 Å². The topological polar surface area (TPSA) is 75.3 Å². The zero-order chi connectivity index (χ0) is 14.5. The molecule has 6 heteroatoms. The van der Waals surface area contributed by atoms with E-state index in [2.05, 4.69) is 10.6 Å². The summed E-state index contributed by atoms with van der Waals surface area (Å²) >= 11 is 0. The van der Waals surface area contributed by atoms with Crippen LogP contribution in [0.2, 0.25) is 0 Å². The summed E-state index contributed by atoms with van der Waals surface area (Å²) in [6.45, 7) is 0. The maximum Gasteiger partial charge on any atom is 0.309 e. The van der Waals surface area contributed by atoms with E-state index in [-0.39, 0.29) is 11.8 Å². The molecule has 0 aromatic heterocycles. The van der Waals surface area contributed by atoms with E-state index in [0.717, 1.165) is 18.4 Å². The van der Waals surface area contributed by atoms with Crippen LogP contribution in [0.3, 0.4) is 0 Å². The van der Waals surface area contributed by atoms with Crippen molar-refractivity contribution < 1.29 is 13.8 Å². The van der Waals surface area contributed by atoms with Gasteiger partial charge in [-0.25, -0.2) is 0 Å². The number of carbonyl (C=O) groups is 2. The van der Waals surface area contributed by atoms with Gasteiger partial charge in [-0.05, 0) is 18.4 Å². The van der Waals surface area contributed by atoms with E-state index < -0.39 is 28.7 Å². The minimum atomic E-state index is -1.07.